The molecule has 1 fully saturated rings. The fraction of sp³-hybridized carbons (Fsp3) is 0.625. The predicted octanol–water partition coefficient (Wildman–Crippen LogP) is 3.28. The minimum Gasteiger partial charge on any atom is -0.389 e. The van der Waals surface area contributed by atoms with Crippen LogP contribution >= 0.6 is 0 Å². The van der Waals surface area contributed by atoms with Crippen LogP contribution in [0.25, 0.3) is 0 Å². The molecular formula is C16H25NO. The second-order valence-corrected chi connectivity index (χ2v) is 5.54. The summed E-state index contributed by atoms with van der Waals surface area (Å²) >= 11 is 0. The maximum Gasteiger partial charge on any atom is 0.0766 e. The molecule has 0 radical (unpaired) electrons. The summed E-state index contributed by atoms with van der Waals surface area (Å²) in [5.41, 5.74) is 0.802. The Balaban J connectivity index is 2.00. The van der Waals surface area contributed by atoms with E-state index in [1.165, 1.54) is 18.4 Å². The lowest BCUT2D eigenvalue weighted by Gasteiger charge is -2.29. The summed E-state index contributed by atoms with van der Waals surface area (Å²) < 4.78 is 0. The van der Waals surface area contributed by atoms with Crippen molar-refractivity contribution in [2.45, 2.75) is 51.2 Å². The maximum atomic E-state index is 10.4. The molecule has 0 aliphatic heterocycles. The third-order valence-electron chi connectivity index (χ3n) is 4.22. The van der Waals surface area contributed by atoms with Crippen LogP contribution in [0.15, 0.2) is 30.3 Å². The number of nitrogens with one attached hydrogen (secondary N) is 1. The van der Waals surface area contributed by atoms with E-state index in [9.17, 15) is 5.11 Å². The van der Waals surface area contributed by atoms with E-state index in [0.717, 1.165) is 18.8 Å². The summed E-state index contributed by atoms with van der Waals surface area (Å²) in [6.45, 7) is 4.80. The van der Waals surface area contributed by atoms with E-state index in [2.05, 4.69) is 49.5 Å². The smallest absolute Gasteiger partial charge is 0.0766 e. The first-order valence-corrected chi connectivity index (χ1v) is 7.19. The first-order chi connectivity index (χ1) is 8.68. The van der Waals surface area contributed by atoms with Gasteiger partial charge in [0, 0.05) is 12.6 Å². The molecule has 1 aliphatic carbocycles. The Labute approximate surface area is 110 Å². The monoisotopic (exact) mass is 247 g/mol. The molecule has 2 rings (SSSR count). The highest BCUT2D eigenvalue weighted by Gasteiger charge is 2.33. The Hall–Kier alpha value is -0.860. The minimum atomic E-state index is -0.554. The van der Waals surface area contributed by atoms with Gasteiger partial charge in [0.05, 0.1) is 5.60 Å². The van der Waals surface area contributed by atoms with Crippen molar-refractivity contribution < 1.29 is 5.11 Å². The normalized spacial score (nSPS) is 17.7. The zero-order valence-corrected chi connectivity index (χ0v) is 11.5. The molecule has 2 heteroatoms. The van der Waals surface area contributed by atoms with Gasteiger partial charge >= 0.3 is 0 Å². The molecule has 1 saturated carbocycles. The predicted molar refractivity (Wildman–Crippen MR) is 75.4 cm³/mol. The van der Waals surface area contributed by atoms with Gasteiger partial charge in [-0.15, -0.1) is 0 Å². The molecule has 0 spiro atoms. The SMILES string of the molecule is CCC(O)(CC)CNC(c1ccccc1)C1CC1. The first-order valence-electron chi connectivity index (χ1n) is 7.19. The Kier molecular flexibility index (Phi) is 4.41. The largest absolute Gasteiger partial charge is 0.389 e. The second kappa shape index (κ2) is 5.85. The molecular weight excluding hydrogens is 222 g/mol. The van der Waals surface area contributed by atoms with Crippen molar-refractivity contribution in [2.24, 2.45) is 5.92 Å². The second-order valence-electron chi connectivity index (χ2n) is 5.54. The van der Waals surface area contributed by atoms with Crippen LogP contribution in [0.1, 0.15) is 51.1 Å². The molecule has 0 heterocycles. The fourth-order valence-electron chi connectivity index (χ4n) is 2.45. The number of hydrogen-bond acceptors (Lipinski definition) is 2. The highest BCUT2D eigenvalue weighted by Crippen LogP contribution is 2.41. The van der Waals surface area contributed by atoms with Crippen molar-refractivity contribution in [1.82, 2.24) is 5.32 Å². The molecule has 1 aromatic rings. The number of aliphatic hydroxyl groups is 1. The molecule has 1 aromatic carbocycles. The minimum absolute atomic E-state index is 0.413. The highest BCUT2D eigenvalue weighted by molar-refractivity contribution is 5.21. The van der Waals surface area contributed by atoms with Crippen LogP contribution in [-0.4, -0.2) is 17.3 Å². The lowest BCUT2D eigenvalue weighted by Crippen LogP contribution is -2.41. The van der Waals surface area contributed by atoms with Crippen LogP contribution in [0.3, 0.4) is 0 Å². The van der Waals surface area contributed by atoms with Gasteiger partial charge in [0.1, 0.15) is 0 Å². The summed E-state index contributed by atoms with van der Waals surface area (Å²) in [7, 11) is 0. The highest BCUT2D eigenvalue weighted by atomic mass is 16.3. The third kappa shape index (κ3) is 3.33. The molecule has 2 N–H and O–H groups in total. The fourth-order valence-corrected chi connectivity index (χ4v) is 2.45. The lowest BCUT2D eigenvalue weighted by atomic mass is 9.95. The van der Waals surface area contributed by atoms with Gasteiger partial charge in [-0.1, -0.05) is 44.2 Å². The molecule has 1 aliphatic rings. The van der Waals surface area contributed by atoms with E-state index in [4.69, 9.17) is 0 Å². The average Bonchev–Trinajstić information content (AvgIpc) is 3.24. The van der Waals surface area contributed by atoms with Crippen molar-refractivity contribution >= 4 is 0 Å². The lowest BCUT2D eigenvalue weighted by molar-refractivity contribution is 0.0291. The van der Waals surface area contributed by atoms with Crippen LogP contribution in [0, 0.1) is 5.92 Å². The van der Waals surface area contributed by atoms with Crippen LogP contribution in [0.4, 0.5) is 0 Å². The van der Waals surface area contributed by atoms with Crippen molar-refractivity contribution in [3.05, 3.63) is 35.9 Å². The van der Waals surface area contributed by atoms with Crippen molar-refractivity contribution in [1.29, 1.82) is 0 Å². The summed E-state index contributed by atoms with van der Waals surface area (Å²) in [5, 5.41) is 14.0. The third-order valence-corrected chi connectivity index (χ3v) is 4.22. The quantitative estimate of drug-likeness (QED) is 0.775. The van der Waals surface area contributed by atoms with E-state index in [0.29, 0.717) is 12.6 Å². The molecule has 0 amide bonds. The molecule has 18 heavy (non-hydrogen) atoms. The molecule has 100 valence electrons. The van der Waals surface area contributed by atoms with Gasteiger partial charge in [-0.2, -0.15) is 0 Å². The van der Waals surface area contributed by atoms with Crippen LogP contribution < -0.4 is 5.32 Å². The van der Waals surface area contributed by atoms with Gasteiger partial charge in [-0.05, 0) is 37.2 Å². The standard InChI is InChI=1S/C16H25NO/c1-3-16(18,4-2)12-17-15(14-10-11-14)13-8-6-5-7-9-13/h5-9,14-15,17-18H,3-4,10-12H2,1-2H3. The Morgan fingerprint density at radius 1 is 1.22 bits per heavy atom. The molecule has 2 nitrogen and oxygen atoms in total. The number of benzene rings is 1. The van der Waals surface area contributed by atoms with E-state index in [1.807, 2.05) is 0 Å². The van der Waals surface area contributed by atoms with Crippen LogP contribution in [0.5, 0.6) is 0 Å². The zero-order chi connectivity index (χ0) is 13.0. The molecule has 1 unspecified atom stereocenters. The van der Waals surface area contributed by atoms with Gasteiger partial charge in [0.15, 0.2) is 0 Å². The number of rotatable bonds is 7. The molecule has 0 bridgehead atoms. The van der Waals surface area contributed by atoms with E-state index in [1.54, 1.807) is 0 Å². The summed E-state index contributed by atoms with van der Waals surface area (Å²) in [5.74, 6) is 0.755. The van der Waals surface area contributed by atoms with E-state index < -0.39 is 5.60 Å². The first kappa shape index (κ1) is 13.6. The molecule has 1 atom stereocenters. The van der Waals surface area contributed by atoms with Crippen LogP contribution in [0.2, 0.25) is 0 Å². The van der Waals surface area contributed by atoms with Crippen molar-refractivity contribution in [3.63, 3.8) is 0 Å². The van der Waals surface area contributed by atoms with Crippen LogP contribution in [-0.2, 0) is 0 Å². The molecule has 0 saturated heterocycles. The summed E-state index contributed by atoms with van der Waals surface area (Å²) in [6, 6.07) is 11.0. The molecule has 0 aromatic heterocycles. The van der Waals surface area contributed by atoms with Crippen molar-refractivity contribution in [2.75, 3.05) is 6.54 Å². The zero-order valence-electron chi connectivity index (χ0n) is 11.5. The average molecular weight is 247 g/mol. The maximum absolute atomic E-state index is 10.4. The van der Waals surface area contributed by atoms with Gasteiger partial charge in [-0.3, -0.25) is 0 Å². The van der Waals surface area contributed by atoms with Gasteiger partial charge in [0.25, 0.3) is 0 Å². The van der Waals surface area contributed by atoms with Gasteiger partial charge in [-0.25, -0.2) is 0 Å². The summed E-state index contributed by atoms with van der Waals surface area (Å²) in [6.07, 6.45) is 4.23. The Morgan fingerprint density at radius 2 is 1.83 bits per heavy atom. The van der Waals surface area contributed by atoms with Gasteiger partial charge < -0.3 is 10.4 Å². The number of hydrogen-bond donors (Lipinski definition) is 2. The van der Waals surface area contributed by atoms with Gasteiger partial charge in [0.2, 0.25) is 0 Å². The van der Waals surface area contributed by atoms with E-state index >= 15 is 0 Å². The summed E-state index contributed by atoms with van der Waals surface area (Å²) in [4.78, 5) is 0. The van der Waals surface area contributed by atoms with E-state index in [-0.39, 0.29) is 0 Å². The topological polar surface area (TPSA) is 32.3 Å². The Morgan fingerprint density at radius 3 is 2.33 bits per heavy atom. The van der Waals surface area contributed by atoms with Crippen molar-refractivity contribution in [3.8, 4) is 0 Å². The Bertz CT molecular complexity index is 355.